The van der Waals surface area contributed by atoms with Crippen LogP contribution in [-0.2, 0) is 22.6 Å². The van der Waals surface area contributed by atoms with Crippen molar-refractivity contribution in [3.8, 4) is 0 Å². The van der Waals surface area contributed by atoms with Crippen molar-refractivity contribution in [1.82, 2.24) is 10.3 Å². The molecule has 1 unspecified atom stereocenters. The Morgan fingerprint density at radius 2 is 1.64 bits per heavy atom. The smallest absolute Gasteiger partial charge is 0.328 e. The van der Waals surface area contributed by atoms with Crippen molar-refractivity contribution in [2.24, 2.45) is 0 Å². The van der Waals surface area contributed by atoms with Gasteiger partial charge in [-0.3, -0.25) is 4.98 Å². The zero-order chi connectivity index (χ0) is 18.5. The second-order valence-electron chi connectivity index (χ2n) is 5.34. The number of carboxylic acids is 2. The molecular weight excluding hydrogens is 320 g/mol. The number of carboxylic acid groups (broad SMARTS) is 2. The van der Waals surface area contributed by atoms with E-state index in [0.717, 1.165) is 13.0 Å². The van der Waals surface area contributed by atoms with Crippen molar-refractivity contribution < 1.29 is 19.8 Å². The zero-order valence-electron chi connectivity index (χ0n) is 14.0. The fourth-order valence-electron chi connectivity index (χ4n) is 1.98. The Labute approximate surface area is 146 Å². The number of hydrogen-bond donors (Lipinski definition) is 3. The van der Waals surface area contributed by atoms with Crippen LogP contribution < -0.4 is 5.32 Å². The van der Waals surface area contributed by atoms with Gasteiger partial charge in [0.25, 0.3) is 0 Å². The summed E-state index contributed by atoms with van der Waals surface area (Å²) in [6.07, 6.45) is 5.88. The van der Waals surface area contributed by atoms with E-state index in [1.165, 1.54) is 11.1 Å². The van der Waals surface area contributed by atoms with E-state index in [2.05, 4.69) is 53.6 Å². The predicted octanol–water partition coefficient (Wildman–Crippen LogP) is 2.51. The number of aromatic nitrogens is 1. The van der Waals surface area contributed by atoms with Gasteiger partial charge in [-0.05, 0) is 30.5 Å². The lowest BCUT2D eigenvalue weighted by Gasteiger charge is -2.13. The third-order valence-electron chi connectivity index (χ3n) is 3.13. The van der Waals surface area contributed by atoms with E-state index in [9.17, 15) is 9.59 Å². The molecule has 0 aliphatic heterocycles. The average Bonchev–Trinajstić information content (AvgIpc) is 2.60. The number of aliphatic carboxylic acids is 2. The maximum atomic E-state index is 9.55. The van der Waals surface area contributed by atoms with Gasteiger partial charge < -0.3 is 15.5 Å². The average molecular weight is 342 g/mol. The second-order valence-corrected chi connectivity index (χ2v) is 5.34. The molecule has 1 aromatic carbocycles. The van der Waals surface area contributed by atoms with Crippen LogP contribution in [0.1, 0.15) is 18.1 Å². The molecule has 0 saturated carbocycles. The maximum Gasteiger partial charge on any atom is 0.328 e. The molecule has 0 saturated heterocycles. The summed E-state index contributed by atoms with van der Waals surface area (Å²) in [6.45, 7) is 3.09. The van der Waals surface area contributed by atoms with Crippen molar-refractivity contribution in [1.29, 1.82) is 0 Å². The standard InChI is InChI=1S/C15H18N2.C4H4O4/c1-13(10-14-6-3-2-4-7-14)17-12-15-8-5-9-16-11-15;5-3(6)1-2-4(7)8/h2-9,11,13,17H,10,12H2,1H3;1-2H,(H,5,6)(H,7,8)/b;2-1-. The number of rotatable bonds is 7. The lowest BCUT2D eigenvalue weighted by Crippen LogP contribution is -2.27. The van der Waals surface area contributed by atoms with Crippen molar-refractivity contribution in [2.45, 2.75) is 25.9 Å². The number of hydrogen-bond acceptors (Lipinski definition) is 4. The molecule has 6 heteroatoms. The highest BCUT2D eigenvalue weighted by Crippen LogP contribution is 2.03. The highest BCUT2D eigenvalue weighted by atomic mass is 16.4. The Hall–Kier alpha value is -2.99. The van der Waals surface area contributed by atoms with E-state index in [4.69, 9.17) is 10.2 Å². The number of benzene rings is 1. The van der Waals surface area contributed by atoms with Crippen LogP contribution in [0.5, 0.6) is 0 Å². The number of nitrogens with zero attached hydrogens (tertiary/aromatic N) is 1. The van der Waals surface area contributed by atoms with Gasteiger partial charge in [-0.2, -0.15) is 0 Å². The minimum Gasteiger partial charge on any atom is -0.478 e. The van der Waals surface area contributed by atoms with Gasteiger partial charge in [-0.1, -0.05) is 36.4 Å². The second kappa shape index (κ2) is 11.5. The molecule has 1 heterocycles. The summed E-state index contributed by atoms with van der Waals surface area (Å²) < 4.78 is 0. The van der Waals surface area contributed by atoms with Crippen LogP contribution in [0, 0.1) is 0 Å². The summed E-state index contributed by atoms with van der Waals surface area (Å²) in [4.78, 5) is 23.2. The quantitative estimate of drug-likeness (QED) is 0.669. The van der Waals surface area contributed by atoms with Crippen LogP contribution >= 0.6 is 0 Å². The Bertz CT molecular complexity index is 656. The first-order chi connectivity index (χ1) is 12.0. The van der Waals surface area contributed by atoms with Crippen molar-refractivity contribution >= 4 is 11.9 Å². The lowest BCUT2D eigenvalue weighted by atomic mass is 10.1. The van der Waals surface area contributed by atoms with Crippen LogP contribution in [-0.4, -0.2) is 33.2 Å². The Morgan fingerprint density at radius 3 is 2.16 bits per heavy atom. The molecule has 1 atom stereocenters. The summed E-state index contributed by atoms with van der Waals surface area (Å²) in [5.41, 5.74) is 2.60. The third kappa shape index (κ3) is 10.4. The summed E-state index contributed by atoms with van der Waals surface area (Å²) in [5.74, 6) is -2.51. The van der Waals surface area contributed by atoms with Crippen LogP contribution in [0.15, 0.2) is 67.0 Å². The number of pyridine rings is 1. The van der Waals surface area contributed by atoms with E-state index in [-0.39, 0.29) is 0 Å². The van der Waals surface area contributed by atoms with E-state index in [1.807, 2.05) is 12.3 Å². The Balaban J connectivity index is 0.000000333. The monoisotopic (exact) mass is 342 g/mol. The van der Waals surface area contributed by atoms with Gasteiger partial charge in [-0.25, -0.2) is 9.59 Å². The fourth-order valence-corrected chi connectivity index (χ4v) is 1.98. The molecule has 0 radical (unpaired) electrons. The molecule has 0 aliphatic rings. The molecule has 2 rings (SSSR count). The normalized spacial score (nSPS) is 11.4. The summed E-state index contributed by atoms with van der Waals surface area (Å²) in [5, 5.41) is 19.1. The number of nitrogens with one attached hydrogen (secondary N) is 1. The first-order valence-corrected chi connectivity index (χ1v) is 7.77. The first kappa shape index (κ1) is 20.1. The highest BCUT2D eigenvalue weighted by molar-refractivity contribution is 5.89. The zero-order valence-corrected chi connectivity index (χ0v) is 14.0. The van der Waals surface area contributed by atoms with Crippen LogP contribution in [0.4, 0.5) is 0 Å². The van der Waals surface area contributed by atoms with E-state index >= 15 is 0 Å². The molecule has 0 bridgehead atoms. The minimum absolute atomic E-state index is 0.470. The largest absolute Gasteiger partial charge is 0.478 e. The summed E-state index contributed by atoms with van der Waals surface area (Å²) in [6, 6.07) is 15.1. The molecule has 0 amide bonds. The molecular formula is C19H22N2O4. The van der Waals surface area contributed by atoms with Gasteiger partial charge in [0.2, 0.25) is 0 Å². The molecule has 0 spiro atoms. The molecule has 1 aromatic heterocycles. The third-order valence-corrected chi connectivity index (χ3v) is 3.13. The maximum absolute atomic E-state index is 9.55. The number of carbonyl (C=O) groups is 2. The molecule has 6 nitrogen and oxygen atoms in total. The van der Waals surface area contributed by atoms with Crippen LogP contribution in [0.3, 0.4) is 0 Å². The van der Waals surface area contributed by atoms with Crippen molar-refractivity contribution in [3.05, 3.63) is 78.1 Å². The Kier molecular flexibility index (Phi) is 9.25. The van der Waals surface area contributed by atoms with Gasteiger partial charge in [0.15, 0.2) is 0 Å². The van der Waals surface area contributed by atoms with E-state index < -0.39 is 11.9 Å². The highest BCUT2D eigenvalue weighted by Gasteiger charge is 2.02. The lowest BCUT2D eigenvalue weighted by molar-refractivity contribution is -0.134. The van der Waals surface area contributed by atoms with Gasteiger partial charge in [0.05, 0.1) is 0 Å². The topological polar surface area (TPSA) is 99.5 Å². The van der Waals surface area contributed by atoms with Crippen LogP contribution in [0.2, 0.25) is 0 Å². The molecule has 2 aromatic rings. The van der Waals surface area contributed by atoms with E-state index in [1.54, 1.807) is 6.20 Å². The van der Waals surface area contributed by atoms with Crippen LogP contribution in [0.25, 0.3) is 0 Å². The van der Waals surface area contributed by atoms with Gasteiger partial charge in [0.1, 0.15) is 0 Å². The molecule has 132 valence electrons. The first-order valence-electron chi connectivity index (χ1n) is 7.77. The molecule has 25 heavy (non-hydrogen) atoms. The molecule has 0 fully saturated rings. The Morgan fingerprint density at radius 1 is 1.04 bits per heavy atom. The minimum atomic E-state index is -1.26. The SMILES string of the molecule is CC(Cc1ccccc1)NCc1cccnc1.O=C(O)/C=C\C(=O)O. The van der Waals surface area contributed by atoms with E-state index in [0.29, 0.717) is 18.2 Å². The molecule has 0 aliphatic carbocycles. The van der Waals surface area contributed by atoms with Gasteiger partial charge in [-0.15, -0.1) is 0 Å². The van der Waals surface area contributed by atoms with Gasteiger partial charge >= 0.3 is 11.9 Å². The molecule has 3 N–H and O–H groups in total. The van der Waals surface area contributed by atoms with Crippen molar-refractivity contribution in [3.63, 3.8) is 0 Å². The summed E-state index contributed by atoms with van der Waals surface area (Å²) in [7, 11) is 0. The van der Waals surface area contributed by atoms with Crippen molar-refractivity contribution in [2.75, 3.05) is 0 Å². The van der Waals surface area contributed by atoms with Gasteiger partial charge in [0, 0.05) is 37.1 Å². The summed E-state index contributed by atoms with van der Waals surface area (Å²) >= 11 is 0. The fraction of sp³-hybridized carbons (Fsp3) is 0.211. The predicted molar refractivity (Wildman–Crippen MR) is 95.1 cm³/mol.